The fourth-order valence-corrected chi connectivity index (χ4v) is 1.99. The van der Waals surface area contributed by atoms with Gasteiger partial charge in [0.2, 0.25) is 0 Å². The third-order valence-corrected chi connectivity index (χ3v) is 3.48. The van der Waals surface area contributed by atoms with Crippen molar-refractivity contribution in [2.75, 3.05) is 19.6 Å². The molecule has 2 aliphatic rings. The van der Waals surface area contributed by atoms with Crippen LogP contribution in [0.2, 0.25) is 0 Å². The van der Waals surface area contributed by atoms with Crippen LogP contribution >= 0.6 is 0 Å². The van der Waals surface area contributed by atoms with Gasteiger partial charge in [0.1, 0.15) is 0 Å². The van der Waals surface area contributed by atoms with Gasteiger partial charge in [0.25, 0.3) is 0 Å². The van der Waals surface area contributed by atoms with Crippen LogP contribution in [0.3, 0.4) is 0 Å². The zero-order valence-electron chi connectivity index (χ0n) is 7.81. The summed E-state index contributed by atoms with van der Waals surface area (Å²) < 4.78 is 0. The van der Waals surface area contributed by atoms with Gasteiger partial charge in [0, 0.05) is 6.54 Å². The fourth-order valence-electron chi connectivity index (χ4n) is 1.99. The first-order chi connectivity index (χ1) is 5.85. The number of hydrogen-bond acceptors (Lipinski definition) is 2. The van der Waals surface area contributed by atoms with Gasteiger partial charge in [-0.2, -0.15) is 0 Å². The zero-order valence-corrected chi connectivity index (χ0v) is 7.81. The lowest BCUT2D eigenvalue weighted by Crippen LogP contribution is -2.45. The van der Waals surface area contributed by atoms with E-state index in [4.69, 9.17) is 5.73 Å². The molecule has 2 saturated carbocycles. The van der Waals surface area contributed by atoms with Gasteiger partial charge >= 0.3 is 0 Å². The maximum atomic E-state index is 5.76. The van der Waals surface area contributed by atoms with E-state index >= 15 is 0 Å². The molecule has 2 nitrogen and oxygen atoms in total. The van der Waals surface area contributed by atoms with Crippen LogP contribution in [0.25, 0.3) is 0 Å². The maximum Gasteiger partial charge on any atom is 0.00200 e. The minimum absolute atomic E-state index is 0.495. The summed E-state index contributed by atoms with van der Waals surface area (Å²) in [5.41, 5.74) is 6.26. The summed E-state index contributed by atoms with van der Waals surface area (Å²) in [7, 11) is 0. The Morgan fingerprint density at radius 1 is 1.33 bits per heavy atom. The minimum atomic E-state index is 0.495. The lowest BCUT2D eigenvalue weighted by atomic mass is 9.69. The molecule has 0 aliphatic heterocycles. The lowest BCUT2D eigenvalue weighted by Gasteiger charge is -2.41. The molecule has 0 heterocycles. The summed E-state index contributed by atoms with van der Waals surface area (Å²) >= 11 is 0. The molecule has 0 atom stereocenters. The monoisotopic (exact) mass is 168 g/mol. The van der Waals surface area contributed by atoms with Gasteiger partial charge in [-0.3, -0.25) is 0 Å². The number of nitrogens with one attached hydrogen (secondary N) is 1. The molecule has 12 heavy (non-hydrogen) atoms. The standard InChI is InChI=1S/C10H20N2/c11-7-10(4-1-5-10)8-12-6-9-2-3-9/h9,12H,1-8,11H2. The highest BCUT2D eigenvalue weighted by atomic mass is 14.9. The fraction of sp³-hybridized carbons (Fsp3) is 1.00. The predicted molar refractivity (Wildman–Crippen MR) is 50.9 cm³/mol. The van der Waals surface area contributed by atoms with Crippen LogP contribution in [0.4, 0.5) is 0 Å². The molecule has 0 bridgehead atoms. The minimum Gasteiger partial charge on any atom is -0.330 e. The van der Waals surface area contributed by atoms with Gasteiger partial charge in [0.05, 0.1) is 0 Å². The normalized spacial score (nSPS) is 26.8. The predicted octanol–water partition coefficient (Wildman–Crippen LogP) is 1.11. The van der Waals surface area contributed by atoms with Crippen LogP contribution in [0.5, 0.6) is 0 Å². The Morgan fingerprint density at radius 3 is 2.50 bits per heavy atom. The van der Waals surface area contributed by atoms with Crippen molar-refractivity contribution >= 4 is 0 Å². The average Bonchev–Trinajstić information content (AvgIpc) is 2.78. The summed E-state index contributed by atoms with van der Waals surface area (Å²) in [6, 6.07) is 0. The summed E-state index contributed by atoms with van der Waals surface area (Å²) in [5.74, 6) is 1.000. The highest BCUT2D eigenvalue weighted by Crippen LogP contribution is 2.39. The molecule has 0 aromatic carbocycles. The molecule has 2 rings (SSSR count). The average molecular weight is 168 g/mol. The number of rotatable bonds is 5. The molecule has 0 aromatic heterocycles. The van der Waals surface area contributed by atoms with Gasteiger partial charge in [-0.1, -0.05) is 6.42 Å². The first-order valence-corrected chi connectivity index (χ1v) is 5.25. The first kappa shape index (κ1) is 8.52. The highest BCUT2D eigenvalue weighted by Gasteiger charge is 2.35. The smallest absolute Gasteiger partial charge is 0.00200 e. The number of hydrogen-bond donors (Lipinski definition) is 2. The van der Waals surface area contributed by atoms with E-state index in [-0.39, 0.29) is 0 Å². The van der Waals surface area contributed by atoms with E-state index in [0.717, 1.165) is 12.5 Å². The molecule has 3 N–H and O–H groups in total. The van der Waals surface area contributed by atoms with E-state index in [0.29, 0.717) is 5.41 Å². The van der Waals surface area contributed by atoms with Crippen molar-refractivity contribution in [3.8, 4) is 0 Å². The third kappa shape index (κ3) is 1.80. The second kappa shape index (κ2) is 3.35. The Morgan fingerprint density at radius 2 is 2.08 bits per heavy atom. The van der Waals surface area contributed by atoms with Crippen molar-refractivity contribution in [1.82, 2.24) is 5.32 Å². The molecule has 0 aromatic rings. The van der Waals surface area contributed by atoms with E-state index in [9.17, 15) is 0 Å². The third-order valence-electron chi connectivity index (χ3n) is 3.48. The summed E-state index contributed by atoms with van der Waals surface area (Å²) in [4.78, 5) is 0. The van der Waals surface area contributed by atoms with Gasteiger partial charge in [-0.05, 0) is 50.1 Å². The molecule has 0 spiro atoms. The largest absolute Gasteiger partial charge is 0.330 e. The zero-order chi connectivity index (χ0) is 8.44. The maximum absolute atomic E-state index is 5.76. The van der Waals surface area contributed by atoms with Crippen LogP contribution in [-0.2, 0) is 0 Å². The SMILES string of the molecule is NCC1(CNCC2CC2)CCC1. The Labute approximate surface area is 74.9 Å². The second-order valence-electron chi connectivity index (χ2n) is 4.63. The van der Waals surface area contributed by atoms with E-state index in [1.807, 2.05) is 0 Å². The number of nitrogens with two attached hydrogens (primary N) is 1. The van der Waals surface area contributed by atoms with Gasteiger partial charge < -0.3 is 11.1 Å². The summed E-state index contributed by atoms with van der Waals surface area (Å²) in [6.07, 6.45) is 6.98. The second-order valence-corrected chi connectivity index (χ2v) is 4.63. The van der Waals surface area contributed by atoms with Crippen molar-refractivity contribution in [3.63, 3.8) is 0 Å². The topological polar surface area (TPSA) is 38.0 Å². The Bertz CT molecular complexity index is 142. The van der Waals surface area contributed by atoms with Crippen LogP contribution < -0.4 is 11.1 Å². The molecule has 0 radical (unpaired) electrons. The van der Waals surface area contributed by atoms with Crippen molar-refractivity contribution in [3.05, 3.63) is 0 Å². The van der Waals surface area contributed by atoms with E-state index in [1.165, 1.54) is 45.2 Å². The Kier molecular flexibility index (Phi) is 2.37. The molecule has 0 unspecified atom stereocenters. The quantitative estimate of drug-likeness (QED) is 0.645. The van der Waals surface area contributed by atoms with E-state index in [1.54, 1.807) is 0 Å². The lowest BCUT2D eigenvalue weighted by molar-refractivity contribution is 0.141. The Hall–Kier alpha value is -0.0800. The van der Waals surface area contributed by atoms with E-state index < -0.39 is 0 Å². The van der Waals surface area contributed by atoms with Crippen LogP contribution in [-0.4, -0.2) is 19.6 Å². The van der Waals surface area contributed by atoms with Crippen molar-refractivity contribution < 1.29 is 0 Å². The molecule has 2 heteroatoms. The van der Waals surface area contributed by atoms with Crippen LogP contribution in [0, 0.1) is 11.3 Å². The molecule has 0 saturated heterocycles. The van der Waals surface area contributed by atoms with Gasteiger partial charge in [-0.15, -0.1) is 0 Å². The summed E-state index contributed by atoms with van der Waals surface area (Å²) in [5, 5.41) is 3.56. The van der Waals surface area contributed by atoms with Crippen LogP contribution in [0.15, 0.2) is 0 Å². The molecule has 0 amide bonds. The van der Waals surface area contributed by atoms with Gasteiger partial charge in [-0.25, -0.2) is 0 Å². The van der Waals surface area contributed by atoms with Crippen molar-refractivity contribution in [1.29, 1.82) is 0 Å². The van der Waals surface area contributed by atoms with Gasteiger partial charge in [0.15, 0.2) is 0 Å². The molecule has 70 valence electrons. The Balaban J connectivity index is 1.62. The van der Waals surface area contributed by atoms with Crippen LogP contribution in [0.1, 0.15) is 32.1 Å². The van der Waals surface area contributed by atoms with Crippen molar-refractivity contribution in [2.24, 2.45) is 17.1 Å². The highest BCUT2D eigenvalue weighted by molar-refractivity contribution is 4.91. The molecular weight excluding hydrogens is 148 g/mol. The molecule has 2 aliphatic carbocycles. The molecule has 2 fully saturated rings. The molecular formula is C10H20N2. The first-order valence-electron chi connectivity index (χ1n) is 5.25. The van der Waals surface area contributed by atoms with Crippen molar-refractivity contribution in [2.45, 2.75) is 32.1 Å². The van der Waals surface area contributed by atoms with E-state index in [2.05, 4.69) is 5.32 Å². The summed E-state index contributed by atoms with van der Waals surface area (Å²) in [6.45, 7) is 3.28.